The molecule has 2 unspecified atom stereocenters. The van der Waals surface area contributed by atoms with Crippen LogP contribution in [0.15, 0.2) is 24.0 Å². The molecule has 1 rings (SSSR count). The number of hydrogen-bond donors (Lipinski definition) is 1. The zero-order chi connectivity index (χ0) is 10.8. The second-order valence-corrected chi connectivity index (χ2v) is 4.00. The monoisotopic (exact) mass is 194 g/mol. The molecule has 2 atom stereocenters. The molecule has 0 saturated carbocycles. The van der Waals surface area contributed by atoms with Gasteiger partial charge < -0.3 is 5.11 Å². The van der Waals surface area contributed by atoms with Gasteiger partial charge in [0.15, 0.2) is 0 Å². The number of carbonyl (C=O) groups excluding carboxylic acids is 1. The van der Waals surface area contributed by atoms with E-state index in [1.807, 2.05) is 26.0 Å². The van der Waals surface area contributed by atoms with E-state index in [0.29, 0.717) is 0 Å². The van der Waals surface area contributed by atoms with Gasteiger partial charge in [-0.3, -0.25) is 4.79 Å². The van der Waals surface area contributed by atoms with Gasteiger partial charge >= 0.3 is 0 Å². The van der Waals surface area contributed by atoms with Crippen molar-refractivity contribution in [2.75, 3.05) is 0 Å². The zero-order valence-electron chi connectivity index (χ0n) is 9.08. The highest BCUT2D eigenvalue weighted by molar-refractivity contribution is 5.86. The lowest BCUT2D eigenvalue weighted by molar-refractivity contribution is -0.128. The Bertz CT molecular complexity index is 289. The third-order valence-corrected chi connectivity index (χ3v) is 3.16. The minimum atomic E-state index is -0.663. The van der Waals surface area contributed by atoms with Crippen LogP contribution in [-0.4, -0.2) is 10.9 Å². The Labute approximate surface area is 85.3 Å². The maximum atomic E-state index is 11.7. The van der Waals surface area contributed by atoms with Gasteiger partial charge in [0.1, 0.15) is 11.5 Å². The van der Waals surface area contributed by atoms with Crippen LogP contribution >= 0.6 is 0 Å². The van der Waals surface area contributed by atoms with Crippen LogP contribution in [0.3, 0.4) is 0 Å². The number of Topliss-reactive ketones (excluding diaryl/α,β-unsaturated/α-hetero) is 1. The highest BCUT2D eigenvalue weighted by Crippen LogP contribution is 2.42. The van der Waals surface area contributed by atoms with E-state index in [-0.39, 0.29) is 17.5 Å². The highest BCUT2D eigenvalue weighted by atomic mass is 16.3. The van der Waals surface area contributed by atoms with Crippen LogP contribution < -0.4 is 0 Å². The van der Waals surface area contributed by atoms with Crippen LogP contribution in [0, 0.1) is 11.3 Å². The standard InChI is InChI=1S/C12H18O2/c1-4-8-12(10(3)13)9(2)6-5-7-11(12)14/h5-7,9,14H,4,8H2,1-3H3. The first kappa shape index (κ1) is 11.0. The molecular formula is C12H18O2. The largest absolute Gasteiger partial charge is 0.511 e. The zero-order valence-corrected chi connectivity index (χ0v) is 9.08. The molecule has 1 aliphatic rings. The van der Waals surface area contributed by atoms with Crippen LogP contribution in [0.1, 0.15) is 33.6 Å². The number of allylic oxidation sites excluding steroid dienone is 4. The molecule has 0 aliphatic heterocycles. The van der Waals surface area contributed by atoms with Crippen molar-refractivity contribution in [3.8, 4) is 0 Å². The Balaban J connectivity index is 3.13. The van der Waals surface area contributed by atoms with Gasteiger partial charge in [-0.25, -0.2) is 0 Å². The van der Waals surface area contributed by atoms with Crippen LogP contribution in [0.4, 0.5) is 0 Å². The second kappa shape index (κ2) is 3.99. The minimum Gasteiger partial charge on any atom is -0.511 e. The molecule has 1 N–H and O–H groups in total. The summed E-state index contributed by atoms with van der Waals surface area (Å²) in [7, 11) is 0. The van der Waals surface area contributed by atoms with Crippen molar-refractivity contribution >= 4 is 5.78 Å². The Morgan fingerprint density at radius 3 is 2.71 bits per heavy atom. The summed E-state index contributed by atoms with van der Waals surface area (Å²) in [5.41, 5.74) is -0.663. The fourth-order valence-electron chi connectivity index (χ4n) is 2.29. The number of hydrogen-bond acceptors (Lipinski definition) is 2. The summed E-state index contributed by atoms with van der Waals surface area (Å²) >= 11 is 0. The average molecular weight is 194 g/mol. The highest BCUT2D eigenvalue weighted by Gasteiger charge is 2.43. The smallest absolute Gasteiger partial charge is 0.144 e. The van der Waals surface area contributed by atoms with E-state index in [2.05, 4.69) is 0 Å². The predicted molar refractivity (Wildman–Crippen MR) is 57.0 cm³/mol. The number of ketones is 1. The van der Waals surface area contributed by atoms with E-state index in [1.165, 1.54) is 0 Å². The summed E-state index contributed by atoms with van der Waals surface area (Å²) in [5, 5.41) is 9.88. The van der Waals surface area contributed by atoms with Crippen LogP contribution in [-0.2, 0) is 4.79 Å². The van der Waals surface area contributed by atoms with E-state index in [0.717, 1.165) is 12.8 Å². The molecule has 0 radical (unpaired) electrons. The first-order valence-electron chi connectivity index (χ1n) is 5.14. The summed E-state index contributed by atoms with van der Waals surface area (Å²) in [6, 6.07) is 0. The van der Waals surface area contributed by atoms with E-state index in [9.17, 15) is 9.90 Å². The molecule has 0 spiro atoms. The molecule has 1 aliphatic carbocycles. The topological polar surface area (TPSA) is 37.3 Å². The minimum absolute atomic E-state index is 0.0601. The van der Waals surface area contributed by atoms with Crippen molar-refractivity contribution in [1.29, 1.82) is 0 Å². The van der Waals surface area contributed by atoms with Crippen molar-refractivity contribution < 1.29 is 9.90 Å². The predicted octanol–water partition coefficient (Wildman–Crippen LogP) is 3.01. The summed E-state index contributed by atoms with van der Waals surface area (Å²) in [6.45, 7) is 5.58. The Hall–Kier alpha value is -1.05. The normalized spacial score (nSPS) is 31.4. The van der Waals surface area contributed by atoms with Crippen molar-refractivity contribution in [3.63, 3.8) is 0 Å². The third-order valence-electron chi connectivity index (χ3n) is 3.16. The van der Waals surface area contributed by atoms with Crippen LogP contribution in [0.25, 0.3) is 0 Å². The molecule has 0 aromatic rings. The Morgan fingerprint density at radius 1 is 1.64 bits per heavy atom. The summed E-state index contributed by atoms with van der Waals surface area (Å²) < 4.78 is 0. The van der Waals surface area contributed by atoms with E-state index in [1.54, 1.807) is 13.0 Å². The molecule has 0 aromatic heterocycles. The molecule has 0 heterocycles. The fraction of sp³-hybridized carbons (Fsp3) is 0.583. The molecule has 0 saturated heterocycles. The van der Waals surface area contributed by atoms with Gasteiger partial charge in [-0.05, 0) is 25.3 Å². The van der Waals surface area contributed by atoms with E-state index >= 15 is 0 Å². The maximum absolute atomic E-state index is 11.7. The number of rotatable bonds is 3. The number of carbonyl (C=O) groups is 1. The summed E-state index contributed by atoms with van der Waals surface area (Å²) in [6.07, 6.45) is 7.05. The lowest BCUT2D eigenvalue weighted by Gasteiger charge is -2.36. The SMILES string of the molecule is CCCC1(C(C)=O)C(O)=CC=CC1C. The lowest BCUT2D eigenvalue weighted by Crippen LogP contribution is -2.38. The van der Waals surface area contributed by atoms with Gasteiger partial charge in [-0.2, -0.15) is 0 Å². The molecule has 2 nitrogen and oxygen atoms in total. The average Bonchev–Trinajstić information content (AvgIpc) is 2.11. The van der Waals surface area contributed by atoms with Crippen molar-refractivity contribution in [2.45, 2.75) is 33.6 Å². The number of aliphatic hydroxyl groups is 1. The molecular weight excluding hydrogens is 176 g/mol. The van der Waals surface area contributed by atoms with Gasteiger partial charge in [0.05, 0.1) is 5.41 Å². The third kappa shape index (κ3) is 1.49. The maximum Gasteiger partial charge on any atom is 0.144 e. The van der Waals surface area contributed by atoms with Crippen molar-refractivity contribution in [1.82, 2.24) is 0 Å². The Morgan fingerprint density at radius 2 is 2.29 bits per heavy atom. The van der Waals surface area contributed by atoms with Crippen LogP contribution in [0.5, 0.6) is 0 Å². The fourth-order valence-corrected chi connectivity index (χ4v) is 2.29. The van der Waals surface area contributed by atoms with Gasteiger partial charge in [0.2, 0.25) is 0 Å². The lowest BCUT2D eigenvalue weighted by atomic mass is 9.67. The summed E-state index contributed by atoms with van der Waals surface area (Å²) in [5.74, 6) is 0.372. The van der Waals surface area contributed by atoms with E-state index < -0.39 is 5.41 Å². The number of aliphatic hydroxyl groups excluding tert-OH is 1. The molecule has 14 heavy (non-hydrogen) atoms. The molecule has 0 amide bonds. The van der Waals surface area contributed by atoms with Gasteiger partial charge in [0, 0.05) is 0 Å². The second-order valence-electron chi connectivity index (χ2n) is 4.00. The van der Waals surface area contributed by atoms with Crippen LogP contribution in [0.2, 0.25) is 0 Å². The van der Waals surface area contributed by atoms with Gasteiger partial charge in [0.25, 0.3) is 0 Å². The molecule has 0 fully saturated rings. The molecule has 78 valence electrons. The van der Waals surface area contributed by atoms with Crippen molar-refractivity contribution in [3.05, 3.63) is 24.0 Å². The Kier molecular flexibility index (Phi) is 3.14. The van der Waals surface area contributed by atoms with Gasteiger partial charge in [-0.1, -0.05) is 32.4 Å². The molecule has 0 bridgehead atoms. The van der Waals surface area contributed by atoms with Gasteiger partial charge in [-0.15, -0.1) is 0 Å². The first-order chi connectivity index (χ1) is 6.55. The molecule has 0 aromatic carbocycles. The summed E-state index contributed by atoms with van der Waals surface area (Å²) in [4.78, 5) is 11.7. The van der Waals surface area contributed by atoms with E-state index in [4.69, 9.17) is 0 Å². The van der Waals surface area contributed by atoms with Crippen molar-refractivity contribution in [2.24, 2.45) is 11.3 Å². The molecule has 2 heteroatoms. The quantitative estimate of drug-likeness (QED) is 0.749. The first-order valence-corrected chi connectivity index (χ1v) is 5.14.